The zero-order valence-corrected chi connectivity index (χ0v) is 14.3. The van der Waals surface area contributed by atoms with Crippen LogP contribution in [-0.2, 0) is 0 Å². The van der Waals surface area contributed by atoms with Crippen LogP contribution in [0.25, 0.3) is 17.1 Å². The number of para-hydroxylation sites is 2. The Hall–Kier alpha value is -3.08. The van der Waals surface area contributed by atoms with Crippen molar-refractivity contribution < 1.29 is 14.3 Å². The molecule has 1 N–H and O–H groups in total. The molecular weight excluding hydrogens is 316 g/mol. The lowest BCUT2D eigenvalue weighted by Crippen LogP contribution is -1.99. The number of hydrogen-bond acceptors (Lipinski definition) is 4. The molecule has 0 atom stereocenters. The number of carbonyl (C=O) groups excluding carboxylic acids is 1. The van der Waals surface area contributed by atoms with Gasteiger partial charge in [0.2, 0.25) is 5.78 Å². The average Bonchev–Trinajstić information content (AvgIpc) is 3.06. The number of aromatic nitrogens is 2. The summed E-state index contributed by atoms with van der Waals surface area (Å²) in [6.45, 7) is 4.96. The van der Waals surface area contributed by atoms with Gasteiger partial charge in [-0.3, -0.25) is 4.79 Å². The molecule has 0 spiro atoms. The largest absolute Gasteiger partial charge is 0.490 e. The lowest BCUT2D eigenvalue weighted by atomic mass is 10.1. The third-order valence-corrected chi connectivity index (χ3v) is 3.62. The fourth-order valence-corrected chi connectivity index (χ4v) is 2.49. The first-order valence-corrected chi connectivity index (χ1v) is 8.28. The van der Waals surface area contributed by atoms with E-state index in [1.54, 1.807) is 6.08 Å². The first kappa shape index (κ1) is 16.8. The summed E-state index contributed by atoms with van der Waals surface area (Å²) in [5, 5.41) is 0. The minimum absolute atomic E-state index is 0.178. The number of aromatic amines is 1. The summed E-state index contributed by atoms with van der Waals surface area (Å²) in [5.41, 5.74) is 2.48. The Labute approximate surface area is 146 Å². The van der Waals surface area contributed by atoms with Gasteiger partial charge in [-0.2, -0.15) is 0 Å². The lowest BCUT2D eigenvalue weighted by molar-refractivity contribution is 0.103. The summed E-state index contributed by atoms with van der Waals surface area (Å²) in [6.07, 6.45) is 3.25. The normalized spacial score (nSPS) is 11.1. The molecule has 1 heterocycles. The Morgan fingerprint density at radius 2 is 1.84 bits per heavy atom. The topological polar surface area (TPSA) is 64.2 Å². The molecule has 3 aromatic rings. The molecule has 5 heteroatoms. The minimum Gasteiger partial charge on any atom is -0.490 e. The molecule has 2 aromatic carbocycles. The number of ketones is 1. The number of hydrogen-bond donors (Lipinski definition) is 1. The predicted octanol–water partition coefficient (Wildman–Crippen LogP) is 4.26. The summed E-state index contributed by atoms with van der Waals surface area (Å²) in [5.74, 6) is 1.52. The maximum Gasteiger partial charge on any atom is 0.221 e. The number of H-pyrrole nitrogens is 1. The van der Waals surface area contributed by atoms with E-state index in [-0.39, 0.29) is 5.78 Å². The molecule has 0 saturated heterocycles. The van der Waals surface area contributed by atoms with Gasteiger partial charge in [-0.1, -0.05) is 24.3 Å². The van der Waals surface area contributed by atoms with Crippen LogP contribution < -0.4 is 9.47 Å². The Bertz CT molecular complexity index is 879. The maximum atomic E-state index is 12.3. The molecule has 0 aliphatic carbocycles. The van der Waals surface area contributed by atoms with Gasteiger partial charge in [0.25, 0.3) is 0 Å². The van der Waals surface area contributed by atoms with Crippen LogP contribution in [-0.4, -0.2) is 29.0 Å². The number of ether oxygens (including phenoxy) is 2. The Morgan fingerprint density at radius 3 is 2.60 bits per heavy atom. The summed E-state index contributed by atoms with van der Waals surface area (Å²) in [6, 6.07) is 13.1. The second-order valence-electron chi connectivity index (χ2n) is 5.37. The van der Waals surface area contributed by atoms with Gasteiger partial charge in [-0.05, 0) is 49.8 Å². The average molecular weight is 336 g/mol. The third-order valence-electron chi connectivity index (χ3n) is 3.62. The molecule has 128 valence electrons. The SMILES string of the molecule is CCOc1ccc(C=CC(=O)c2nc3ccccc3[nH]2)cc1OCC. The van der Waals surface area contributed by atoms with Gasteiger partial charge >= 0.3 is 0 Å². The van der Waals surface area contributed by atoms with Crippen LogP contribution >= 0.6 is 0 Å². The van der Waals surface area contributed by atoms with Crippen LogP contribution in [0.4, 0.5) is 0 Å². The Morgan fingerprint density at radius 1 is 1.08 bits per heavy atom. The molecule has 5 nitrogen and oxygen atoms in total. The van der Waals surface area contributed by atoms with Gasteiger partial charge in [0.05, 0.1) is 24.2 Å². The van der Waals surface area contributed by atoms with Gasteiger partial charge in [-0.15, -0.1) is 0 Å². The fraction of sp³-hybridized carbons (Fsp3) is 0.200. The highest BCUT2D eigenvalue weighted by Crippen LogP contribution is 2.29. The van der Waals surface area contributed by atoms with Crippen LogP contribution in [0.3, 0.4) is 0 Å². The van der Waals surface area contributed by atoms with Crippen molar-refractivity contribution in [2.45, 2.75) is 13.8 Å². The van der Waals surface area contributed by atoms with E-state index in [9.17, 15) is 4.79 Å². The molecule has 0 unspecified atom stereocenters. The fourth-order valence-electron chi connectivity index (χ4n) is 2.49. The zero-order valence-electron chi connectivity index (χ0n) is 14.3. The van der Waals surface area contributed by atoms with E-state index in [0.29, 0.717) is 30.5 Å². The maximum absolute atomic E-state index is 12.3. The molecular formula is C20H20N2O3. The van der Waals surface area contributed by atoms with Gasteiger partial charge in [0, 0.05) is 0 Å². The van der Waals surface area contributed by atoms with Crippen LogP contribution in [0.1, 0.15) is 30.0 Å². The second-order valence-corrected chi connectivity index (χ2v) is 5.37. The van der Waals surface area contributed by atoms with Crippen molar-refractivity contribution in [2.24, 2.45) is 0 Å². The summed E-state index contributed by atoms with van der Waals surface area (Å²) < 4.78 is 11.1. The minimum atomic E-state index is -0.178. The van der Waals surface area contributed by atoms with E-state index in [1.807, 2.05) is 56.3 Å². The van der Waals surface area contributed by atoms with Crippen molar-refractivity contribution in [1.29, 1.82) is 0 Å². The first-order valence-electron chi connectivity index (χ1n) is 8.28. The van der Waals surface area contributed by atoms with Crippen molar-refractivity contribution in [2.75, 3.05) is 13.2 Å². The summed E-state index contributed by atoms with van der Waals surface area (Å²) >= 11 is 0. The molecule has 1 aromatic heterocycles. The number of nitrogens with one attached hydrogen (secondary N) is 1. The summed E-state index contributed by atoms with van der Waals surface area (Å²) in [4.78, 5) is 19.7. The van der Waals surface area contributed by atoms with Crippen molar-refractivity contribution in [1.82, 2.24) is 9.97 Å². The predicted molar refractivity (Wildman–Crippen MR) is 98.2 cm³/mol. The van der Waals surface area contributed by atoms with E-state index in [0.717, 1.165) is 16.6 Å². The number of rotatable bonds is 7. The molecule has 0 aliphatic heterocycles. The van der Waals surface area contributed by atoms with Gasteiger partial charge in [0.15, 0.2) is 17.3 Å². The molecule has 0 amide bonds. The van der Waals surface area contributed by atoms with E-state index in [2.05, 4.69) is 9.97 Å². The lowest BCUT2D eigenvalue weighted by Gasteiger charge is -2.11. The molecule has 0 saturated carbocycles. The number of imidazole rings is 1. The van der Waals surface area contributed by atoms with Crippen LogP contribution in [0.15, 0.2) is 48.5 Å². The molecule has 3 rings (SSSR count). The number of allylic oxidation sites excluding steroid dienone is 1. The quantitative estimate of drug-likeness (QED) is 0.517. The number of nitrogens with zero attached hydrogens (tertiary/aromatic N) is 1. The van der Waals surface area contributed by atoms with Crippen LogP contribution in [0.2, 0.25) is 0 Å². The molecule has 25 heavy (non-hydrogen) atoms. The third kappa shape index (κ3) is 3.88. The monoisotopic (exact) mass is 336 g/mol. The molecule has 0 radical (unpaired) electrons. The summed E-state index contributed by atoms with van der Waals surface area (Å²) in [7, 11) is 0. The van der Waals surface area contributed by atoms with Gasteiger partial charge in [0.1, 0.15) is 0 Å². The van der Waals surface area contributed by atoms with Gasteiger partial charge < -0.3 is 14.5 Å². The Balaban J connectivity index is 1.80. The highest BCUT2D eigenvalue weighted by molar-refractivity contribution is 6.05. The van der Waals surface area contributed by atoms with E-state index < -0.39 is 0 Å². The van der Waals surface area contributed by atoms with E-state index in [1.165, 1.54) is 6.08 Å². The van der Waals surface area contributed by atoms with E-state index >= 15 is 0 Å². The molecule has 0 bridgehead atoms. The first-order chi connectivity index (χ1) is 12.2. The standard InChI is InChI=1S/C20H20N2O3/c1-3-24-18-12-10-14(13-19(18)25-4-2)9-11-17(23)20-21-15-7-5-6-8-16(15)22-20/h5-13H,3-4H2,1-2H3,(H,21,22). The smallest absolute Gasteiger partial charge is 0.221 e. The zero-order chi connectivity index (χ0) is 17.6. The highest BCUT2D eigenvalue weighted by atomic mass is 16.5. The number of carbonyl (C=O) groups is 1. The van der Waals surface area contributed by atoms with E-state index in [4.69, 9.17) is 9.47 Å². The molecule has 0 fully saturated rings. The van der Waals surface area contributed by atoms with Gasteiger partial charge in [-0.25, -0.2) is 4.98 Å². The van der Waals surface area contributed by atoms with Crippen molar-refractivity contribution in [3.8, 4) is 11.5 Å². The second kappa shape index (κ2) is 7.66. The van der Waals surface area contributed by atoms with Crippen LogP contribution in [0.5, 0.6) is 11.5 Å². The van der Waals surface area contributed by atoms with Crippen LogP contribution in [0, 0.1) is 0 Å². The number of fused-ring (bicyclic) bond motifs is 1. The Kier molecular flexibility index (Phi) is 5.14. The number of benzene rings is 2. The van der Waals surface area contributed by atoms with Crippen molar-refractivity contribution in [3.63, 3.8) is 0 Å². The molecule has 0 aliphatic rings. The van der Waals surface area contributed by atoms with Crippen molar-refractivity contribution >= 4 is 22.9 Å². The highest BCUT2D eigenvalue weighted by Gasteiger charge is 2.09. The van der Waals surface area contributed by atoms with Crippen molar-refractivity contribution in [3.05, 3.63) is 59.9 Å².